The van der Waals surface area contributed by atoms with Crippen LogP contribution in [0.5, 0.6) is 0 Å². The Morgan fingerprint density at radius 3 is 0.850 bits per heavy atom. The minimum Gasteiger partial charge on any atom is -0.396 e. The quantitative estimate of drug-likeness (QED) is 0.498. The lowest BCUT2D eigenvalue weighted by molar-refractivity contribution is 0.282. The largest absolute Gasteiger partial charge is 0.396 e. The van der Waals surface area contributed by atoms with Gasteiger partial charge in [0.15, 0.2) is 0 Å². The van der Waals surface area contributed by atoms with Gasteiger partial charge in [0.2, 0.25) is 0 Å². The molecule has 0 aliphatic heterocycles. The fraction of sp³-hybridized carbons (Fsp3) is 1.00. The van der Waals surface area contributed by atoms with Gasteiger partial charge in [-0.05, 0) is 19.3 Å². The van der Waals surface area contributed by atoms with Crippen LogP contribution in [0, 0.1) is 0 Å². The van der Waals surface area contributed by atoms with Crippen LogP contribution >= 0.6 is 0 Å². The molecular weight excluding hydrogens is 252 g/mol. The summed E-state index contributed by atoms with van der Waals surface area (Å²) in [5, 5.41) is 24.8. The maximum Gasteiger partial charge on any atom is 0.0431 e. The van der Waals surface area contributed by atoms with Crippen molar-refractivity contribution < 1.29 is 15.3 Å². The third-order valence-electron chi connectivity index (χ3n) is 2.79. The van der Waals surface area contributed by atoms with Gasteiger partial charge in [0.05, 0.1) is 0 Å². The monoisotopic (exact) mass is 292 g/mol. The van der Waals surface area contributed by atoms with E-state index in [2.05, 4.69) is 20.8 Å². The first-order chi connectivity index (χ1) is 9.74. The summed E-state index contributed by atoms with van der Waals surface area (Å²) in [5.74, 6) is 0. The number of aliphatic hydroxyl groups excluding tert-OH is 3. The smallest absolute Gasteiger partial charge is 0.0431 e. The first-order valence-electron chi connectivity index (χ1n) is 8.57. The Bertz CT molecular complexity index is 96.8. The van der Waals surface area contributed by atoms with Crippen LogP contribution in [0.1, 0.15) is 91.4 Å². The molecule has 3 heteroatoms. The van der Waals surface area contributed by atoms with Gasteiger partial charge in [0.1, 0.15) is 0 Å². The van der Waals surface area contributed by atoms with Crippen LogP contribution in [0.3, 0.4) is 0 Å². The summed E-state index contributed by atoms with van der Waals surface area (Å²) in [6.45, 7) is 7.53. The van der Waals surface area contributed by atoms with Crippen molar-refractivity contribution in [1.82, 2.24) is 0 Å². The molecule has 0 aromatic heterocycles. The number of hydrogen-bond donors (Lipinski definition) is 3. The third kappa shape index (κ3) is 43.0. The molecule has 0 aliphatic rings. The molecule has 0 aromatic rings. The van der Waals surface area contributed by atoms with Gasteiger partial charge in [0, 0.05) is 19.8 Å². The Morgan fingerprint density at radius 2 is 0.650 bits per heavy atom. The first kappa shape index (κ1) is 24.9. The Morgan fingerprint density at radius 1 is 0.400 bits per heavy atom. The molecule has 0 saturated carbocycles. The van der Waals surface area contributed by atoms with Gasteiger partial charge in [-0.15, -0.1) is 0 Å². The van der Waals surface area contributed by atoms with Gasteiger partial charge < -0.3 is 15.3 Å². The zero-order valence-corrected chi connectivity index (χ0v) is 14.2. The third-order valence-corrected chi connectivity index (χ3v) is 2.79. The van der Waals surface area contributed by atoms with Crippen LogP contribution in [0.15, 0.2) is 0 Å². The molecule has 0 aliphatic carbocycles. The summed E-state index contributed by atoms with van der Waals surface area (Å²) in [7, 11) is 0. The van der Waals surface area contributed by atoms with E-state index in [4.69, 9.17) is 15.3 Å². The summed E-state index contributed by atoms with van der Waals surface area (Å²) in [4.78, 5) is 0. The van der Waals surface area contributed by atoms with E-state index >= 15 is 0 Å². The fourth-order valence-electron chi connectivity index (χ4n) is 1.44. The molecule has 126 valence electrons. The maximum absolute atomic E-state index is 8.29. The topological polar surface area (TPSA) is 60.7 Å². The Hall–Kier alpha value is -0.120. The van der Waals surface area contributed by atoms with E-state index < -0.39 is 0 Å². The van der Waals surface area contributed by atoms with Crippen LogP contribution < -0.4 is 0 Å². The minimum atomic E-state index is 0.355. The van der Waals surface area contributed by atoms with Crippen molar-refractivity contribution in [3.05, 3.63) is 0 Å². The Kier molecular flexibility index (Phi) is 39.0. The number of aliphatic hydroxyl groups is 3. The van der Waals surface area contributed by atoms with Gasteiger partial charge in [0.25, 0.3) is 0 Å². The first-order valence-corrected chi connectivity index (χ1v) is 8.57. The molecule has 0 atom stereocenters. The zero-order chi connectivity index (χ0) is 15.9. The van der Waals surface area contributed by atoms with Gasteiger partial charge in [-0.3, -0.25) is 0 Å². The van der Waals surface area contributed by atoms with E-state index in [1.165, 1.54) is 44.9 Å². The molecule has 0 fully saturated rings. The maximum atomic E-state index is 8.29. The van der Waals surface area contributed by atoms with Crippen LogP contribution in [-0.4, -0.2) is 35.1 Å². The fourth-order valence-corrected chi connectivity index (χ4v) is 1.44. The highest BCUT2D eigenvalue weighted by molar-refractivity contribution is 4.36. The lowest BCUT2D eigenvalue weighted by Crippen LogP contribution is -1.80. The number of hydrogen-bond acceptors (Lipinski definition) is 3. The van der Waals surface area contributed by atoms with E-state index in [0.29, 0.717) is 19.8 Å². The van der Waals surface area contributed by atoms with E-state index in [-0.39, 0.29) is 0 Å². The molecule has 0 heterocycles. The second-order valence-corrected chi connectivity index (χ2v) is 5.00. The van der Waals surface area contributed by atoms with Crippen LogP contribution in [0.25, 0.3) is 0 Å². The molecular formula is C17H40O3. The van der Waals surface area contributed by atoms with Gasteiger partial charge in [-0.25, -0.2) is 0 Å². The van der Waals surface area contributed by atoms with Gasteiger partial charge >= 0.3 is 0 Å². The van der Waals surface area contributed by atoms with Crippen molar-refractivity contribution in [1.29, 1.82) is 0 Å². The van der Waals surface area contributed by atoms with E-state index in [1.54, 1.807) is 0 Å². The summed E-state index contributed by atoms with van der Waals surface area (Å²) in [5.41, 5.74) is 0. The number of rotatable bonds is 11. The number of unbranched alkanes of at least 4 members (excludes halogenated alkanes) is 8. The lowest BCUT2D eigenvalue weighted by atomic mass is 10.2. The molecule has 0 bridgehead atoms. The highest BCUT2D eigenvalue weighted by atomic mass is 16.3. The van der Waals surface area contributed by atoms with E-state index in [1.807, 2.05) is 0 Å². The Labute approximate surface area is 127 Å². The standard InChI is InChI=1S/2C6H14O.C5H12O/c2*1-2-3-4-5-6-7;1-2-3-4-5-6/h2*7H,2-6H2,1H3;6H,2-5H2,1H3. The van der Waals surface area contributed by atoms with Crippen molar-refractivity contribution >= 4 is 0 Å². The van der Waals surface area contributed by atoms with E-state index in [0.717, 1.165) is 25.7 Å². The Balaban J connectivity index is -0.000000218. The highest BCUT2D eigenvalue weighted by Gasteiger charge is 1.81. The molecule has 3 N–H and O–H groups in total. The molecule has 0 amide bonds. The average molecular weight is 293 g/mol. The lowest BCUT2D eigenvalue weighted by Gasteiger charge is -1.90. The van der Waals surface area contributed by atoms with Crippen molar-refractivity contribution in [3.63, 3.8) is 0 Å². The van der Waals surface area contributed by atoms with Crippen LogP contribution in [0.4, 0.5) is 0 Å². The molecule has 0 unspecified atom stereocenters. The van der Waals surface area contributed by atoms with Crippen molar-refractivity contribution in [2.45, 2.75) is 91.4 Å². The average Bonchev–Trinajstić information content (AvgIpc) is 2.48. The summed E-state index contributed by atoms with van der Waals surface area (Å²) < 4.78 is 0. The van der Waals surface area contributed by atoms with Gasteiger partial charge in [-0.2, -0.15) is 0 Å². The SMILES string of the molecule is CCCCCCO.CCCCCCO.CCCCCO. The molecule has 0 radical (unpaired) electrons. The molecule has 0 spiro atoms. The second-order valence-electron chi connectivity index (χ2n) is 5.00. The molecule has 0 aromatic carbocycles. The molecule has 20 heavy (non-hydrogen) atoms. The van der Waals surface area contributed by atoms with Crippen molar-refractivity contribution in [2.75, 3.05) is 19.8 Å². The predicted octanol–water partition coefficient (Wildman–Crippen LogP) is 4.29. The summed E-state index contributed by atoms with van der Waals surface area (Å²) in [6, 6.07) is 0. The normalized spacial score (nSPS) is 9.30. The predicted molar refractivity (Wildman–Crippen MR) is 89.1 cm³/mol. The molecule has 0 saturated heterocycles. The zero-order valence-electron chi connectivity index (χ0n) is 14.2. The van der Waals surface area contributed by atoms with Gasteiger partial charge in [-0.1, -0.05) is 72.1 Å². The minimum absolute atomic E-state index is 0.355. The van der Waals surface area contributed by atoms with E-state index in [9.17, 15) is 0 Å². The van der Waals surface area contributed by atoms with Crippen molar-refractivity contribution in [3.8, 4) is 0 Å². The molecule has 0 rings (SSSR count). The second kappa shape index (κ2) is 31.3. The van der Waals surface area contributed by atoms with Crippen LogP contribution in [0.2, 0.25) is 0 Å². The summed E-state index contributed by atoms with van der Waals surface area (Å²) in [6.07, 6.45) is 12.7. The summed E-state index contributed by atoms with van der Waals surface area (Å²) >= 11 is 0. The highest BCUT2D eigenvalue weighted by Crippen LogP contribution is 1.96. The van der Waals surface area contributed by atoms with Crippen molar-refractivity contribution in [2.24, 2.45) is 0 Å². The molecule has 3 nitrogen and oxygen atoms in total. The van der Waals surface area contributed by atoms with Crippen LogP contribution in [-0.2, 0) is 0 Å².